The topological polar surface area (TPSA) is 123 Å². The fourth-order valence-electron chi connectivity index (χ4n) is 4.84. The first-order valence-electron chi connectivity index (χ1n) is 12.8. The third-order valence-electron chi connectivity index (χ3n) is 7.39. The third-order valence-corrected chi connectivity index (χ3v) is 7.39. The smallest absolute Gasteiger partial charge is 0.269 e. The number of hydrogen-bond acceptors (Lipinski definition) is 8. The minimum absolute atomic E-state index is 0.0316. The number of methoxy groups -OCH3 is 1. The van der Waals surface area contributed by atoms with Gasteiger partial charge in [-0.15, -0.1) is 0 Å². The van der Waals surface area contributed by atoms with Crippen LogP contribution in [0.1, 0.15) is 42.2 Å². The number of aliphatic hydroxyl groups is 2. The molecule has 2 atom stereocenters. The summed E-state index contributed by atoms with van der Waals surface area (Å²) in [6.45, 7) is 7.57. The van der Waals surface area contributed by atoms with Crippen LogP contribution in [0.5, 0.6) is 11.5 Å². The van der Waals surface area contributed by atoms with Gasteiger partial charge in [0.25, 0.3) is 5.91 Å². The van der Waals surface area contributed by atoms with Crippen molar-refractivity contribution in [3.63, 3.8) is 0 Å². The molecule has 0 spiro atoms. The summed E-state index contributed by atoms with van der Waals surface area (Å²) in [5, 5.41) is 24.3. The van der Waals surface area contributed by atoms with Crippen LogP contribution < -0.4 is 14.8 Å². The molecule has 0 radical (unpaired) electrons. The van der Waals surface area contributed by atoms with Crippen molar-refractivity contribution < 1.29 is 24.5 Å². The minimum atomic E-state index is -1.38. The molecule has 3 heterocycles. The second-order valence-electron chi connectivity index (χ2n) is 10.1. The van der Waals surface area contributed by atoms with E-state index in [1.165, 1.54) is 25.4 Å². The molecule has 0 aliphatic carbocycles. The highest BCUT2D eigenvalue weighted by molar-refractivity contribution is 5.91. The van der Waals surface area contributed by atoms with Gasteiger partial charge in [0.2, 0.25) is 0 Å². The zero-order chi connectivity index (χ0) is 25.5. The maximum Gasteiger partial charge on any atom is 0.269 e. The lowest BCUT2D eigenvalue weighted by atomic mass is 9.88. The van der Waals surface area contributed by atoms with Crippen LogP contribution in [0.25, 0.3) is 0 Å². The number of carbonyl (C=O) groups excluding carboxylic acids is 1. The van der Waals surface area contributed by atoms with E-state index >= 15 is 0 Å². The van der Waals surface area contributed by atoms with Crippen LogP contribution in [0, 0.1) is 5.92 Å². The number of imidazole rings is 1. The van der Waals surface area contributed by atoms with E-state index in [9.17, 15) is 15.0 Å². The molecular formula is C26H39N5O5. The first-order valence-corrected chi connectivity index (χ1v) is 12.8. The summed E-state index contributed by atoms with van der Waals surface area (Å²) in [5.74, 6) is 1.87. The fraction of sp³-hybridized carbons (Fsp3) is 0.615. The SMILES string of the molecule is COc1cc(CN2CC[C@@](O)(CNC(=O)c3cnc[nH]3)[C@H](O)C2)ccc1OCCN1CCC(C)CC1. The van der Waals surface area contributed by atoms with Gasteiger partial charge in [0.05, 0.1) is 25.7 Å². The second kappa shape index (κ2) is 12.1. The van der Waals surface area contributed by atoms with Crippen molar-refractivity contribution in [3.05, 3.63) is 42.0 Å². The Hall–Kier alpha value is -2.66. The number of H-pyrrole nitrogens is 1. The van der Waals surface area contributed by atoms with Gasteiger partial charge in [0.15, 0.2) is 11.5 Å². The summed E-state index contributed by atoms with van der Waals surface area (Å²) in [7, 11) is 1.64. The van der Waals surface area contributed by atoms with E-state index in [2.05, 4.69) is 32.0 Å². The molecule has 2 aliphatic heterocycles. The molecule has 0 saturated carbocycles. The van der Waals surface area contributed by atoms with Crippen molar-refractivity contribution in [2.45, 2.75) is 44.4 Å². The molecule has 10 nitrogen and oxygen atoms in total. The number of aromatic nitrogens is 2. The zero-order valence-corrected chi connectivity index (χ0v) is 21.3. The van der Waals surface area contributed by atoms with Crippen LogP contribution in [0.4, 0.5) is 0 Å². The molecule has 0 unspecified atom stereocenters. The van der Waals surface area contributed by atoms with Crippen molar-refractivity contribution in [1.29, 1.82) is 0 Å². The number of aromatic amines is 1. The van der Waals surface area contributed by atoms with E-state index in [0.717, 1.165) is 36.9 Å². The molecule has 4 N–H and O–H groups in total. The van der Waals surface area contributed by atoms with E-state index in [1.54, 1.807) is 7.11 Å². The van der Waals surface area contributed by atoms with E-state index in [1.807, 2.05) is 18.2 Å². The normalized spacial score (nSPS) is 23.9. The van der Waals surface area contributed by atoms with Gasteiger partial charge in [-0.2, -0.15) is 0 Å². The number of amides is 1. The standard InChI is InChI=1S/C26H39N5O5/c1-19-5-8-30(9-6-19)11-12-36-22-4-3-20(13-23(22)35-2)15-31-10-7-26(34,24(32)16-31)17-28-25(33)21-14-27-18-29-21/h3-4,13-14,18-19,24,32,34H,5-12,15-17H2,1-2H3,(H,27,29)(H,28,33)/t24-,26-/m1/s1. The summed E-state index contributed by atoms with van der Waals surface area (Å²) < 4.78 is 11.6. The number of likely N-dealkylation sites (tertiary alicyclic amines) is 2. The Kier molecular flexibility index (Phi) is 8.84. The lowest BCUT2D eigenvalue weighted by Crippen LogP contribution is -2.60. The van der Waals surface area contributed by atoms with Crippen molar-refractivity contribution in [1.82, 2.24) is 25.1 Å². The van der Waals surface area contributed by atoms with Crippen LogP contribution >= 0.6 is 0 Å². The number of nitrogens with zero attached hydrogens (tertiary/aromatic N) is 3. The molecule has 2 fully saturated rings. The van der Waals surface area contributed by atoms with Crippen LogP contribution in [0.2, 0.25) is 0 Å². The van der Waals surface area contributed by atoms with Crippen molar-refractivity contribution in [2.24, 2.45) is 5.92 Å². The Balaban J connectivity index is 1.25. The molecule has 1 aromatic carbocycles. The van der Waals surface area contributed by atoms with Gasteiger partial charge < -0.3 is 30.0 Å². The summed E-state index contributed by atoms with van der Waals surface area (Å²) in [6, 6.07) is 5.92. The van der Waals surface area contributed by atoms with Gasteiger partial charge in [-0.1, -0.05) is 13.0 Å². The summed E-state index contributed by atoms with van der Waals surface area (Å²) >= 11 is 0. The highest BCUT2D eigenvalue weighted by atomic mass is 16.5. The second-order valence-corrected chi connectivity index (χ2v) is 10.1. The Labute approximate surface area is 212 Å². The number of carbonyl (C=O) groups is 1. The van der Waals surface area contributed by atoms with E-state index in [4.69, 9.17) is 9.47 Å². The Morgan fingerprint density at radius 2 is 2.06 bits per heavy atom. The van der Waals surface area contributed by atoms with Gasteiger partial charge in [0.1, 0.15) is 17.9 Å². The Bertz CT molecular complexity index is 979. The predicted octanol–water partition coefficient (Wildman–Crippen LogP) is 1.26. The monoisotopic (exact) mass is 501 g/mol. The van der Waals surface area contributed by atoms with E-state index in [-0.39, 0.29) is 12.5 Å². The first kappa shape index (κ1) is 26.4. The largest absolute Gasteiger partial charge is 0.493 e. The van der Waals surface area contributed by atoms with Crippen LogP contribution in [-0.2, 0) is 6.54 Å². The van der Waals surface area contributed by atoms with Crippen molar-refractivity contribution in [3.8, 4) is 11.5 Å². The first-order chi connectivity index (χ1) is 17.4. The number of hydrogen-bond donors (Lipinski definition) is 4. The highest BCUT2D eigenvalue weighted by Crippen LogP contribution is 2.30. The average molecular weight is 502 g/mol. The van der Waals surface area contributed by atoms with Gasteiger partial charge in [-0.3, -0.25) is 14.6 Å². The zero-order valence-electron chi connectivity index (χ0n) is 21.3. The number of piperidine rings is 2. The van der Waals surface area contributed by atoms with Crippen LogP contribution in [0.3, 0.4) is 0 Å². The van der Waals surface area contributed by atoms with Gasteiger partial charge in [-0.05, 0) is 56.0 Å². The molecule has 198 valence electrons. The predicted molar refractivity (Wildman–Crippen MR) is 135 cm³/mol. The number of aliphatic hydroxyl groups excluding tert-OH is 1. The number of nitrogens with one attached hydrogen (secondary N) is 2. The Morgan fingerprint density at radius 1 is 1.25 bits per heavy atom. The molecule has 2 aromatic rings. The molecular weight excluding hydrogens is 462 g/mol. The number of benzene rings is 1. The maximum absolute atomic E-state index is 12.1. The molecule has 4 rings (SSSR count). The molecule has 2 saturated heterocycles. The Morgan fingerprint density at radius 3 is 2.75 bits per heavy atom. The fourth-order valence-corrected chi connectivity index (χ4v) is 4.84. The molecule has 10 heteroatoms. The summed E-state index contributed by atoms with van der Waals surface area (Å²) in [6.07, 6.45) is 4.68. The van der Waals surface area contributed by atoms with Crippen molar-refractivity contribution >= 4 is 5.91 Å². The quantitative estimate of drug-likeness (QED) is 0.384. The van der Waals surface area contributed by atoms with Gasteiger partial charge in [-0.25, -0.2) is 4.98 Å². The number of rotatable bonds is 10. The van der Waals surface area contributed by atoms with E-state index in [0.29, 0.717) is 44.1 Å². The summed E-state index contributed by atoms with van der Waals surface area (Å²) in [4.78, 5) is 23.2. The van der Waals surface area contributed by atoms with Gasteiger partial charge in [0, 0.05) is 32.7 Å². The molecule has 36 heavy (non-hydrogen) atoms. The highest BCUT2D eigenvalue weighted by Gasteiger charge is 2.41. The average Bonchev–Trinajstić information content (AvgIpc) is 3.42. The third kappa shape index (κ3) is 6.76. The van der Waals surface area contributed by atoms with Crippen LogP contribution in [-0.4, -0.2) is 101 Å². The molecule has 1 aromatic heterocycles. The van der Waals surface area contributed by atoms with Crippen molar-refractivity contribution in [2.75, 3.05) is 53.0 Å². The lowest BCUT2D eigenvalue weighted by Gasteiger charge is -2.42. The number of β-amino-alcohol motifs (C(OH)–C–C–N with tert-alkyl or cyclic N) is 1. The van der Waals surface area contributed by atoms with Gasteiger partial charge >= 0.3 is 0 Å². The summed E-state index contributed by atoms with van der Waals surface area (Å²) in [5.41, 5.74) is -0.0315. The minimum Gasteiger partial charge on any atom is -0.493 e. The maximum atomic E-state index is 12.1. The molecule has 1 amide bonds. The van der Waals surface area contributed by atoms with Crippen LogP contribution in [0.15, 0.2) is 30.7 Å². The number of ether oxygens (including phenoxy) is 2. The molecule has 2 aliphatic rings. The van der Waals surface area contributed by atoms with E-state index < -0.39 is 11.7 Å². The molecule has 0 bridgehead atoms. The lowest BCUT2D eigenvalue weighted by molar-refractivity contribution is -0.116.